The number of carboxylic acid groups (broad SMARTS) is 1. The highest BCUT2D eigenvalue weighted by molar-refractivity contribution is 5.80. The zero-order valence-corrected chi connectivity index (χ0v) is 11.7. The molecule has 1 amide bonds. The fraction of sp³-hybridized carbons (Fsp3) is 0.500. The maximum absolute atomic E-state index is 11.8. The number of hydrogen-bond acceptors (Lipinski definition) is 3. The molecule has 2 fully saturated rings. The van der Waals surface area contributed by atoms with E-state index in [2.05, 4.69) is 5.32 Å². The van der Waals surface area contributed by atoms with Gasteiger partial charge in [-0.25, -0.2) is 9.59 Å². The van der Waals surface area contributed by atoms with Gasteiger partial charge in [-0.05, 0) is 42.6 Å². The number of alkyl carbamates (subject to hydrolysis) is 1. The Balaban J connectivity index is 1.50. The molecule has 3 atom stereocenters. The first kappa shape index (κ1) is 13.9. The number of hydrogen-bond donors (Lipinski definition) is 2. The van der Waals surface area contributed by atoms with Crippen LogP contribution in [-0.2, 0) is 16.1 Å². The van der Waals surface area contributed by atoms with Crippen molar-refractivity contribution in [2.24, 2.45) is 17.8 Å². The van der Waals surface area contributed by atoms with Gasteiger partial charge >= 0.3 is 12.1 Å². The maximum atomic E-state index is 11.8. The Bertz CT molecular complexity index is 520. The highest BCUT2D eigenvalue weighted by Gasteiger charge is 2.49. The molecule has 0 saturated heterocycles. The molecule has 3 rings (SSSR count). The summed E-state index contributed by atoms with van der Waals surface area (Å²) in [5, 5.41) is 11.8. The van der Waals surface area contributed by atoms with Crippen molar-refractivity contribution in [2.75, 3.05) is 0 Å². The Labute approximate surface area is 123 Å². The molecular weight excluding hydrogens is 270 g/mol. The number of aliphatic carboxylic acids is 1. The molecular formula is C16H19NO4. The van der Waals surface area contributed by atoms with Gasteiger partial charge in [0.25, 0.3) is 0 Å². The van der Waals surface area contributed by atoms with Gasteiger partial charge < -0.3 is 15.2 Å². The lowest BCUT2D eigenvalue weighted by atomic mass is 9.94. The highest BCUT2D eigenvalue weighted by atomic mass is 16.5. The molecule has 0 heterocycles. The molecule has 0 radical (unpaired) electrons. The summed E-state index contributed by atoms with van der Waals surface area (Å²) >= 11 is 0. The predicted octanol–water partition coefficient (Wildman–Crippen LogP) is 2.41. The van der Waals surface area contributed by atoms with E-state index in [1.54, 1.807) is 0 Å². The zero-order valence-electron chi connectivity index (χ0n) is 11.7. The van der Waals surface area contributed by atoms with Crippen molar-refractivity contribution in [3.63, 3.8) is 0 Å². The third-order valence-corrected chi connectivity index (χ3v) is 4.50. The fourth-order valence-corrected chi connectivity index (χ4v) is 3.31. The summed E-state index contributed by atoms with van der Waals surface area (Å²) in [4.78, 5) is 23.1. The first-order chi connectivity index (χ1) is 10.1. The molecule has 0 aromatic heterocycles. The van der Waals surface area contributed by atoms with Crippen LogP contribution in [0.5, 0.6) is 0 Å². The summed E-state index contributed by atoms with van der Waals surface area (Å²) in [6.07, 6.45) is 2.37. The molecule has 5 heteroatoms. The van der Waals surface area contributed by atoms with Gasteiger partial charge in [0.2, 0.25) is 0 Å². The zero-order chi connectivity index (χ0) is 14.8. The number of carboxylic acids is 1. The summed E-state index contributed by atoms with van der Waals surface area (Å²) in [6.45, 7) is 0.148. The van der Waals surface area contributed by atoms with Crippen LogP contribution in [0.1, 0.15) is 24.8 Å². The Morgan fingerprint density at radius 2 is 1.86 bits per heavy atom. The van der Waals surface area contributed by atoms with Crippen LogP contribution < -0.4 is 5.32 Å². The Kier molecular flexibility index (Phi) is 3.82. The van der Waals surface area contributed by atoms with E-state index in [1.165, 1.54) is 6.42 Å². The minimum atomic E-state index is -0.974. The number of amides is 1. The maximum Gasteiger partial charge on any atom is 0.408 e. The van der Waals surface area contributed by atoms with Crippen molar-refractivity contribution in [3.8, 4) is 0 Å². The summed E-state index contributed by atoms with van der Waals surface area (Å²) in [6, 6.07) is 8.48. The SMILES string of the molecule is O=C(NC(C(=O)O)C1CC2CC2C1)OCc1ccccc1. The molecule has 0 spiro atoms. The smallest absolute Gasteiger partial charge is 0.408 e. The number of ether oxygens (including phenoxy) is 1. The second-order valence-electron chi connectivity index (χ2n) is 6.01. The van der Waals surface area contributed by atoms with E-state index in [9.17, 15) is 14.7 Å². The molecule has 21 heavy (non-hydrogen) atoms. The molecule has 1 aromatic rings. The van der Waals surface area contributed by atoms with E-state index in [1.807, 2.05) is 30.3 Å². The molecule has 2 saturated carbocycles. The van der Waals surface area contributed by atoms with Crippen LogP contribution in [0.3, 0.4) is 0 Å². The highest BCUT2D eigenvalue weighted by Crippen LogP contribution is 2.55. The minimum absolute atomic E-state index is 0.0375. The monoisotopic (exact) mass is 289 g/mol. The number of nitrogens with one attached hydrogen (secondary N) is 1. The third kappa shape index (κ3) is 3.35. The lowest BCUT2D eigenvalue weighted by Crippen LogP contribution is -2.45. The first-order valence-electron chi connectivity index (χ1n) is 7.33. The first-order valence-corrected chi connectivity index (χ1v) is 7.33. The summed E-state index contributed by atoms with van der Waals surface area (Å²) in [5.74, 6) is 0.423. The van der Waals surface area contributed by atoms with Gasteiger partial charge in [0.1, 0.15) is 12.6 Å². The lowest BCUT2D eigenvalue weighted by molar-refractivity contribution is -0.140. The van der Waals surface area contributed by atoms with E-state index < -0.39 is 18.1 Å². The number of benzene rings is 1. The van der Waals surface area contributed by atoms with Gasteiger partial charge in [-0.3, -0.25) is 0 Å². The van der Waals surface area contributed by atoms with Crippen molar-refractivity contribution in [1.82, 2.24) is 5.32 Å². The van der Waals surface area contributed by atoms with Crippen LogP contribution in [0.4, 0.5) is 4.79 Å². The average molecular weight is 289 g/mol. The predicted molar refractivity (Wildman–Crippen MR) is 75.5 cm³/mol. The van der Waals surface area contributed by atoms with Crippen molar-refractivity contribution in [2.45, 2.75) is 31.9 Å². The summed E-state index contributed by atoms with van der Waals surface area (Å²) in [5.41, 5.74) is 0.877. The lowest BCUT2D eigenvalue weighted by Gasteiger charge is -2.21. The van der Waals surface area contributed by atoms with Gasteiger partial charge in [0, 0.05) is 0 Å². The molecule has 2 aliphatic rings. The van der Waals surface area contributed by atoms with E-state index in [0.717, 1.165) is 18.4 Å². The Hall–Kier alpha value is -2.04. The van der Waals surface area contributed by atoms with Gasteiger partial charge in [-0.1, -0.05) is 30.3 Å². The molecule has 2 N–H and O–H groups in total. The van der Waals surface area contributed by atoms with Gasteiger partial charge in [-0.2, -0.15) is 0 Å². The molecule has 2 aliphatic carbocycles. The van der Waals surface area contributed by atoms with Crippen LogP contribution in [0, 0.1) is 17.8 Å². The minimum Gasteiger partial charge on any atom is -0.480 e. The largest absolute Gasteiger partial charge is 0.480 e. The average Bonchev–Trinajstić information content (AvgIpc) is 3.09. The fourth-order valence-electron chi connectivity index (χ4n) is 3.31. The normalized spacial score (nSPS) is 27.5. The van der Waals surface area contributed by atoms with Crippen molar-refractivity contribution in [1.29, 1.82) is 0 Å². The Morgan fingerprint density at radius 3 is 2.48 bits per heavy atom. The third-order valence-electron chi connectivity index (χ3n) is 4.50. The second-order valence-corrected chi connectivity index (χ2v) is 6.01. The van der Waals surface area contributed by atoms with E-state index in [-0.39, 0.29) is 12.5 Å². The van der Waals surface area contributed by atoms with Gasteiger partial charge in [0.05, 0.1) is 0 Å². The van der Waals surface area contributed by atoms with E-state index in [0.29, 0.717) is 11.8 Å². The number of fused-ring (bicyclic) bond motifs is 1. The van der Waals surface area contributed by atoms with Crippen molar-refractivity contribution >= 4 is 12.1 Å². The molecule has 0 bridgehead atoms. The molecule has 0 aliphatic heterocycles. The van der Waals surface area contributed by atoms with Crippen molar-refractivity contribution < 1.29 is 19.4 Å². The topological polar surface area (TPSA) is 75.6 Å². The van der Waals surface area contributed by atoms with Crippen LogP contribution in [0.25, 0.3) is 0 Å². The standard InChI is InChI=1S/C16H19NO4/c18-15(19)14(13-7-11-6-12(11)8-13)17-16(20)21-9-10-4-2-1-3-5-10/h1-5,11-14H,6-9H2,(H,17,20)(H,18,19). The van der Waals surface area contributed by atoms with Crippen LogP contribution >= 0.6 is 0 Å². The number of carbonyl (C=O) groups excluding carboxylic acids is 1. The molecule has 1 aromatic carbocycles. The summed E-state index contributed by atoms with van der Waals surface area (Å²) < 4.78 is 5.09. The summed E-state index contributed by atoms with van der Waals surface area (Å²) in [7, 11) is 0. The van der Waals surface area contributed by atoms with E-state index >= 15 is 0 Å². The number of carbonyl (C=O) groups is 2. The van der Waals surface area contributed by atoms with E-state index in [4.69, 9.17) is 4.74 Å². The van der Waals surface area contributed by atoms with Gasteiger partial charge in [-0.15, -0.1) is 0 Å². The molecule has 5 nitrogen and oxygen atoms in total. The van der Waals surface area contributed by atoms with Crippen LogP contribution in [0.15, 0.2) is 30.3 Å². The quantitative estimate of drug-likeness (QED) is 0.872. The van der Waals surface area contributed by atoms with Gasteiger partial charge in [0.15, 0.2) is 0 Å². The van der Waals surface area contributed by atoms with Crippen molar-refractivity contribution in [3.05, 3.63) is 35.9 Å². The second kappa shape index (κ2) is 5.76. The molecule has 112 valence electrons. The molecule has 3 unspecified atom stereocenters. The van der Waals surface area contributed by atoms with Crippen LogP contribution in [0.2, 0.25) is 0 Å². The Morgan fingerprint density at radius 1 is 1.19 bits per heavy atom. The number of rotatable bonds is 5. The van der Waals surface area contributed by atoms with Crippen LogP contribution in [-0.4, -0.2) is 23.2 Å².